The van der Waals surface area contributed by atoms with Crippen molar-refractivity contribution in [2.24, 2.45) is 0 Å². The van der Waals surface area contributed by atoms with Crippen LogP contribution in [0.1, 0.15) is 28.3 Å². The van der Waals surface area contributed by atoms with E-state index in [2.05, 4.69) is 9.97 Å². The fourth-order valence-corrected chi connectivity index (χ4v) is 3.78. The molecule has 4 aromatic rings. The Bertz CT molecular complexity index is 1200. The van der Waals surface area contributed by atoms with Crippen LogP contribution in [-0.2, 0) is 13.0 Å². The van der Waals surface area contributed by atoms with Crippen LogP contribution in [0.2, 0.25) is 0 Å². The summed E-state index contributed by atoms with van der Waals surface area (Å²) >= 11 is 0. The second kappa shape index (κ2) is 5.77. The van der Waals surface area contributed by atoms with Gasteiger partial charge >= 0.3 is 5.97 Å². The predicted molar refractivity (Wildman–Crippen MR) is 99.7 cm³/mol. The van der Waals surface area contributed by atoms with Gasteiger partial charge in [-0.15, -0.1) is 0 Å². The number of fused-ring (bicyclic) bond motifs is 2. The van der Waals surface area contributed by atoms with Crippen molar-refractivity contribution < 1.29 is 9.90 Å². The zero-order valence-corrected chi connectivity index (χ0v) is 14.8. The van der Waals surface area contributed by atoms with Crippen LogP contribution in [0.3, 0.4) is 0 Å². The summed E-state index contributed by atoms with van der Waals surface area (Å²) in [5.41, 5.74) is 6.47. The molecule has 7 heteroatoms. The first-order chi connectivity index (χ1) is 13.1. The maximum absolute atomic E-state index is 11.5. The van der Waals surface area contributed by atoms with Gasteiger partial charge in [-0.3, -0.25) is 14.1 Å². The first kappa shape index (κ1) is 15.7. The lowest BCUT2D eigenvalue weighted by Crippen LogP contribution is -2.01. The predicted octanol–water partition coefficient (Wildman–Crippen LogP) is 3.21. The molecule has 5 rings (SSSR count). The number of carboxylic acid groups (broad SMARTS) is 1. The Hall–Kier alpha value is -3.48. The molecule has 0 saturated heterocycles. The van der Waals surface area contributed by atoms with E-state index in [1.165, 1.54) is 11.9 Å². The molecule has 0 spiro atoms. The molecule has 27 heavy (non-hydrogen) atoms. The van der Waals surface area contributed by atoms with E-state index in [9.17, 15) is 9.90 Å². The average Bonchev–Trinajstić information content (AvgIpc) is 3.34. The smallest absolute Gasteiger partial charge is 0.354 e. The molecule has 1 aliphatic rings. The van der Waals surface area contributed by atoms with Gasteiger partial charge in [0.1, 0.15) is 11.3 Å². The van der Waals surface area contributed by atoms with Crippen molar-refractivity contribution in [2.75, 3.05) is 0 Å². The summed E-state index contributed by atoms with van der Waals surface area (Å²) < 4.78 is 3.66. The van der Waals surface area contributed by atoms with Gasteiger partial charge in [-0.1, -0.05) is 6.07 Å². The van der Waals surface area contributed by atoms with Gasteiger partial charge < -0.3 is 5.11 Å². The van der Waals surface area contributed by atoms with E-state index in [1.54, 1.807) is 4.40 Å². The third-order valence-electron chi connectivity index (χ3n) is 4.99. The van der Waals surface area contributed by atoms with Crippen LogP contribution >= 0.6 is 0 Å². The number of pyridine rings is 2. The molecule has 0 atom stereocenters. The van der Waals surface area contributed by atoms with Gasteiger partial charge in [-0.2, -0.15) is 5.10 Å². The van der Waals surface area contributed by atoms with Gasteiger partial charge in [0.05, 0.1) is 11.9 Å². The Kier molecular flexibility index (Phi) is 3.36. The molecule has 0 aromatic carbocycles. The molecule has 1 N–H and O–H groups in total. The fraction of sp³-hybridized carbons (Fsp3) is 0.200. The highest BCUT2D eigenvalue weighted by Gasteiger charge is 2.25. The number of hydrogen-bond acceptors (Lipinski definition) is 4. The van der Waals surface area contributed by atoms with E-state index in [1.807, 2.05) is 48.1 Å². The number of nitrogens with zero attached hydrogens (tertiary/aromatic N) is 5. The molecule has 7 nitrogen and oxygen atoms in total. The van der Waals surface area contributed by atoms with E-state index in [0.717, 1.165) is 47.6 Å². The van der Waals surface area contributed by atoms with Gasteiger partial charge in [0.25, 0.3) is 0 Å². The van der Waals surface area contributed by atoms with E-state index >= 15 is 0 Å². The minimum atomic E-state index is -1.000. The molecule has 134 valence electrons. The number of aryl methyl sites for hydroxylation is 2. The third kappa shape index (κ3) is 2.43. The summed E-state index contributed by atoms with van der Waals surface area (Å²) in [6.07, 6.45) is 5.22. The van der Waals surface area contributed by atoms with Crippen LogP contribution in [0.5, 0.6) is 0 Å². The lowest BCUT2D eigenvalue weighted by molar-refractivity contribution is 0.0689. The summed E-state index contributed by atoms with van der Waals surface area (Å²) in [7, 11) is 0. The first-order valence-electron chi connectivity index (χ1n) is 8.86. The summed E-state index contributed by atoms with van der Waals surface area (Å²) in [5.74, 6) is -1.000. The zero-order chi connectivity index (χ0) is 18.5. The number of aromatic nitrogens is 5. The van der Waals surface area contributed by atoms with Gasteiger partial charge in [0.2, 0.25) is 0 Å². The molecule has 0 unspecified atom stereocenters. The highest BCUT2D eigenvalue weighted by Crippen LogP contribution is 2.37. The number of aromatic carboxylic acids is 1. The first-order valence-corrected chi connectivity index (χ1v) is 8.86. The molecule has 0 saturated carbocycles. The van der Waals surface area contributed by atoms with Gasteiger partial charge in [-0.05, 0) is 44.0 Å². The molecule has 1 aliphatic heterocycles. The van der Waals surface area contributed by atoms with Crippen LogP contribution in [0.4, 0.5) is 0 Å². The van der Waals surface area contributed by atoms with Crippen molar-refractivity contribution in [1.29, 1.82) is 0 Å². The molecule has 4 aromatic heterocycles. The summed E-state index contributed by atoms with van der Waals surface area (Å²) in [4.78, 5) is 20.3. The highest BCUT2D eigenvalue weighted by molar-refractivity contribution is 5.87. The van der Waals surface area contributed by atoms with Crippen molar-refractivity contribution in [1.82, 2.24) is 24.1 Å². The van der Waals surface area contributed by atoms with Crippen LogP contribution in [0.25, 0.3) is 28.2 Å². The fourth-order valence-electron chi connectivity index (χ4n) is 3.78. The monoisotopic (exact) mass is 359 g/mol. The number of hydrogen-bond donors (Lipinski definition) is 1. The van der Waals surface area contributed by atoms with E-state index < -0.39 is 5.97 Å². The van der Waals surface area contributed by atoms with Crippen LogP contribution in [0.15, 0.2) is 42.7 Å². The summed E-state index contributed by atoms with van der Waals surface area (Å²) in [5, 5.41) is 14.2. The lowest BCUT2D eigenvalue weighted by atomic mass is 10.0. The molecular formula is C20H17N5O2. The molecule has 0 bridgehead atoms. The highest BCUT2D eigenvalue weighted by atomic mass is 16.4. The standard InChI is InChI=1S/C20H17N5O2/c1-12-4-2-5-14(22-12)19-18(15-6-3-9-25(15)23-19)13-7-8-17-21-10-16(20(26)27)24(17)11-13/h2,4-5,7-8,10-11H,3,6,9H2,1H3,(H,26,27). The Morgan fingerprint density at radius 2 is 2.11 bits per heavy atom. The maximum atomic E-state index is 11.5. The van der Waals surface area contributed by atoms with Crippen LogP contribution in [0, 0.1) is 6.92 Å². The molecule has 0 radical (unpaired) electrons. The van der Waals surface area contributed by atoms with Gasteiger partial charge in [0.15, 0.2) is 5.69 Å². The number of carboxylic acids is 1. The number of carbonyl (C=O) groups is 1. The maximum Gasteiger partial charge on any atom is 0.354 e. The van der Waals surface area contributed by atoms with Crippen LogP contribution < -0.4 is 0 Å². The third-order valence-corrected chi connectivity index (χ3v) is 4.99. The average molecular weight is 359 g/mol. The SMILES string of the molecule is Cc1cccc(-c2nn3c(c2-c2ccc4ncc(C(=O)O)n4c2)CCC3)n1. The normalized spacial score (nSPS) is 13.2. The Balaban J connectivity index is 1.76. The quantitative estimate of drug-likeness (QED) is 0.607. The van der Waals surface area contributed by atoms with E-state index in [0.29, 0.717) is 5.65 Å². The number of rotatable bonds is 3. The van der Waals surface area contributed by atoms with Crippen molar-refractivity contribution in [3.8, 4) is 22.5 Å². The van der Waals surface area contributed by atoms with Crippen LogP contribution in [-0.4, -0.2) is 35.2 Å². The lowest BCUT2D eigenvalue weighted by Gasteiger charge is -2.07. The van der Waals surface area contributed by atoms with Crippen molar-refractivity contribution in [3.63, 3.8) is 0 Å². The molecule has 0 fully saturated rings. The summed E-state index contributed by atoms with van der Waals surface area (Å²) in [6, 6.07) is 9.72. The molecular weight excluding hydrogens is 342 g/mol. The summed E-state index contributed by atoms with van der Waals surface area (Å²) in [6.45, 7) is 2.85. The van der Waals surface area contributed by atoms with Gasteiger partial charge in [0, 0.05) is 35.3 Å². The largest absolute Gasteiger partial charge is 0.477 e. The number of imidazole rings is 1. The van der Waals surface area contributed by atoms with Crippen molar-refractivity contribution >= 4 is 11.6 Å². The molecule has 0 amide bonds. The van der Waals surface area contributed by atoms with Crippen molar-refractivity contribution in [2.45, 2.75) is 26.3 Å². The second-order valence-corrected chi connectivity index (χ2v) is 6.76. The zero-order valence-electron chi connectivity index (χ0n) is 14.8. The minimum Gasteiger partial charge on any atom is -0.477 e. The Morgan fingerprint density at radius 3 is 2.93 bits per heavy atom. The Morgan fingerprint density at radius 1 is 1.22 bits per heavy atom. The minimum absolute atomic E-state index is 0.144. The Labute approximate surface area is 154 Å². The molecule has 5 heterocycles. The molecule has 0 aliphatic carbocycles. The topological polar surface area (TPSA) is 85.3 Å². The van der Waals surface area contributed by atoms with E-state index in [-0.39, 0.29) is 5.69 Å². The van der Waals surface area contributed by atoms with E-state index in [4.69, 9.17) is 5.10 Å². The second-order valence-electron chi connectivity index (χ2n) is 6.76. The van der Waals surface area contributed by atoms with Crippen molar-refractivity contribution in [3.05, 3.63) is 59.8 Å². The van der Waals surface area contributed by atoms with Gasteiger partial charge in [-0.25, -0.2) is 9.78 Å².